The van der Waals surface area contributed by atoms with Gasteiger partial charge in [0.2, 0.25) is 10.0 Å². The highest BCUT2D eigenvalue weighted by molar-refractivity contribution is 7.89. The van der Waals surface area contributed by atoms with Crippen LogP contribution in [0.25, 0.3) is 0 Å². The van der Waals surface area contributed by atoms with Crippen LogP contribution in [0.15, 0.2) is 53.7 Å². The normalized spacial score (nSPS) is 13.2. The van der Waals surface area contributed by atoms with Crippen LogP contribution < -0.4 is 4.72 Å². The van der Waals surface area contributed by atoms with Crippen LogP contribution in [-0.4, -0.2) is 13.4 Å². The largest absolute Gasteiger partial charge is 0.264 e. The van der Waals surface area contributed by atoms with E-state index < -0.39 is 10.0 Å². The molecule has 1 aromatic carbocycles. The molecule has 0 radical (unpaired) electrons. The zero-order chi connectivity index (χ0) is 13.9. The lowest BCUT2D eigenvalue weighted by Gasteiger charge is -2.14. The highest BCUT2D eigenvalue weighted by Gasteiger charge is 2.18. The Morgan fingerprint density at radius 3 is 2.68 bits per heavy atom. The van der Waals surface area contributed by atoms with Gasteiger partial charge in [0.15, 0.2) is 0 Å². The first kappa shape index (κ1) is 14.0. The molecule has 0 fully saturated rings. The van der Waals surface area contributed by atoms with E-state index in [0.29, 0.717) is 5.02 Å². The maximum absolute atomic E-state index is 12.2. The quantitative estimate of drug-likeness (QED) is 0.944. The average molecular weight is 297 g/mol. The number of nitrogens with zero attached hydrogens (tertiary/aromatic N) is 1. The summed E-state index contributed by atoms with van der Waals surface area (Å²) in [5.41, 5.74) is 0.799. The van der Waals surface area contributed by atoms with E-state index in [0.717, 1.165) is 5.56 Å². The molecule has 0 aliphatic heterocycles. The Kier molecular flexibility index (Phi) is 4.19. The number of nitrogens with one attached hydrogen (secondary N) is 1. The lowest BCUT2D eigenvalue weighted by molar-refractivity contribution is 0.566. The summed E-state index contributed by atoms with van der Waals surface area (Å²) in [4.78, 5) is 4.12. The smallest absolute Gasteiger partial charge is 0.241 e. The topological polar surface area (TPSA) is 59.1 Å². The van der Waals surface area contributed by atoms with Gasteiger partial charge in [-0.15, -0.1) is 0 Å². The van der Waals surface area contributed by atoms with Gasteiger partial charge in [0.25, 0.3) is 0 Å². The summed E-state index contributed by atoms with van der Waals surface area (Å²) in [5.74, 6) is 0. The fourth-order valence-corrected chi connectivity index (χ4v) is 3.17. The van der Waals surface area contributed by atoms with Gasteiger partial charge in [0.1, 0.15) is 0 Å². The Hall–Kier alpha value is -1.43. The molecule has 0 aliphatic rings. The van der Waals surface area contributed by atoms with E-state index in [1.165, 1.54) is 12.1 Å². The average Bonchev–Trinajstić information content (AvgIpc) is 2.39. The molecule has 6 heteroatoms. The van der Waals surface area contributed by atoms with E-state index in [9.17, 15) is 8.42 Å². The Morgan fingerprint density at radius 2 is 2.05 bits per heavy atom. The minimum atomic E-state index is -3.59. The monoisotopic (exact) mass is 296 g/mol. The zero-order valence-corrected chi connectivity index (χ0v) is 11.8. The van der Waals surface area contributed by atoms with Crippen molar-refractivity contribution in [2.45, 2.75) is 17.9 Å². The molecule has 0 saturated carbocycles. The van der Waals surface area contributed by atoms with Crippen molar-refractivity contribution in [3.05, 3.63) is 59.4 Å². The molecule has 0 amide bonds. The van der Waals surface area contributed by atoms with Crippen LogP contribution in [0.1, 0.15) is 18.5 Å². The second kappa shape index (κ2) is 5.69. The number of pyridine rings is 1. The third-order valence-electron chi connectivity index (χ3n) is 2.62. The van der Waals surface area contributed by atoms with Crippen molar-refractivity contribution in [2.24, 2.45) is 0 Å². The van der Waals surface area contributed by atoms with E-state index in [1.807, 2.05) is 6.07 Å². The summed E-state index contributed by atoms with van der Waals surface area (Å²) in [6, 6.07) is 9.37. The van der Waals surface area contributed by atoms with Gasteiger partial charge in [-0.05, 0) is 36.8 Å². The molecule has 4 nitrogen and oxygen atoms in total. The van der Waals surface area contributed by atoms with Crippen LogP contribution >= 0.6 is 11.6 Å². The highest BCUT2D eigenvalue weighted by atomic mass is 35.5. The van der Waals surface area contributed by atoms with E-state index in [2.05, 4.69) is 9.71 Å². The second-order valence-electron chi connectivity index (χ2n) is 4.09. The van der Waals surface area contributed by atoms with Gasteiger partial charge in [-0.3, -0.25) is 4.98 Å². The first-order valence-corrected chi connectivity index (χ1v) is 7.53. The Balaban J connectivity index is 2.23. The predicted molar refractivity (Wildman–Crippen MR) is 74.4 cm³/mol. The number of hydrogen-bond acceptors (Lipinski definition) is 3. The molecule has 1 aromatic heterocycles. The number of benzene rings is 1. The molecule has 1 heterocycles. The Morgan fingerprint density at radius 1 is 1.26 bits per heavy atom. The van der Waals surface area contributed by atoms with Gasteiger partial charge in [0, 0.05) is 23.5 Å². The van der Waals surface area contributed by atoms with Gasteiger partial charge >= 0.3 is 0 Å². The van der Waals surface area contributed by atoms with E-state index in [4.69, 9.17) is 11.6 Å². The van der Waals surface area contributed by atoms with Crippen molar-refractivity contribution in [3.8, 4) is 0 Å². The lowest BCUT2D eigenvalue weighted by Crippen LogP contribution is -2.26. The number of rotatable bonds is 4. The second-order valence-corrected chi connectivity index (χ2v) is 6.24. The molecular formula is C13H13ClN2O2S. The highest BCUT2D eigenvalue weighted by Crippen LogP contribution is 2.18. The number of hydrogen-bond donors (Lipinski definition) is 1. The van der Waals surface area contributed by atoms with Crippen LogP contribution in [0.2, 0.25) is 5.02 Å². The van der Waals surface area contributed by atoms with Crippen LogP contribution in [0.5, 0.6) is 0 Å². The van der Waals surface area contributed by atoms with E-state index in [1.54, 1.807) is 37.5 Å². The molecule has 2 rings (SSSR count). The molecule has 1 N–H and O–H groups in total. The number of halogens is 1. The van der Waals surface area contributed by atoms with E-state index >= 15 is 0 Å². The lowest BCUT2D eigenvalue weighted by atomic mass is 10.2. The molecule has 100 valence electrons. The van der Waals surface area contributed by atoms with Crippen molar-refractivity contribution in [1.82, 2.24) is 9.71 Å². The molecule has 2 aromatic rings. The van der Waals surface area contributed by atoms with E-state index in [-0.39, 0.29) is 10.9 Å². The standard InChI is InChI=1S/C13H13ClN2O2S/c1-10(11-4-3-7-15-9-11)16-19(17,18)13-6-2-5-12(14)8-13/h2-10,16H,1H3. The molecule has 1 atom stereocenters. The molecule has 0 aliphatic carbocycles. The Bertz CT molecular complexity index is 659. The molecule has 1 unspecified atom stereocenters. The van der Waals surface area contributed by atoms with Crippen molar-refractivity contribution >= 4 is 21.6 Å². The number of aromatic nitrogens is 1. The van der Waals surface area contributed by atoms with Crippen LogP contribution in [-0.2, 0) is 10.0 Å². The first-order chi connectivity index (χ1) is 8.99. The fraction of sp³-hybridized carbons (Fsp3) is 0.154. The van der Waals surface area contributed by atoms with Crippen molar-refractivity contribution in [1.29, 1.82) is 0 Å². The molecule has 0 saturated heterocycles. The fourth-order valence-electron chi connectivity index (χ4n) is 1.64. The summed E-state index contributed by atoms with van der Waals surface area (Å²) >= 11 is 5.80. The SMILES string of the molecule is CC(NS(=O)(=O)c1cccc(Cl)c1)c1cccnc1. The van der Waals surface area contributed by atoms with Crippen LogP contribution in [0.3, 0.4) is 0 Å². The number of sulfonamides is 1. The van der Waals surface area contributed by atoms with Crippen LogP contribution in [0, 0.1) is 0 Å². The zero-order valence-electron chi connectivity index (χ0n) is 10.2. The third kappa shape index (κ3) is 3.53. The minimum absolute atomic E-state index is 0.149. The summed E-state index contributed by atoms with van der Waals surface area (Å²) in [6.45, 7) is 1.76. The van der Waals surface area contributed by atoms with Crippen LogP contribution in [0.4, 0.5) is 0 Å². The minimum Gasteiger partial charge on any atom is -0.264 e. The molecular weight excluding hydrogens is 284 g/mol. The summed E-state index contributed by atoms with van der Waals surface area (Å²) in [7, 11) is -3.59. The predicted octanol–water partition coefficient (Wildman–Crippen LogP) is 2.77. The molecule has 19 heavy (non-hydrogen) atoms. The molecule has 0 bridgehead atoms. The third-order valence-corrected chi connectivity index (χ3v) is 4.40. The van der Waals surface area contributed by atoms with Gasteiger partial charge in [-0.2, -0.15) is 0 Å². The summed E-state index contributed by atoms with van der Waals surface area (Å²) in [5, 5.41) is 0.386. The van der Waals surface area contributed by atoms with Crippen molar-refractivity contribution in [3.63, 3.8) is 0 Å². The maximum Gasteiger partial charge on any atom is 0.241 e. The maximum atomic E-state index is 12.2. The van der Waals surface area contributed by atoms with Crippen molar-refractivity contribution < 1.29 is 8.42 Å². The first-order valence-electron chi connectivity index (χ1n) is 5.67. The summed E-state index contributed by atoms with van der Waals surface area (Å²) < 4.78 is 26.9. The van der Waals surface area contributed by atoms with Gasteiger partial charge in [0.05, 0.1) is 4.90 Å². The van der Waals surface area contributed by atoms with Gasteiger partial charge in [-0.1, -0.05) is 23.7 Å². The van der Waals surface area contributed by atoms with Gasteiger partial charge in [-0.25, -0.2) is 13.1 Å². The Labute approximate surface area is 117 Å². The summed E-state index contributed by atoms with van der Waals surface area (Å²) in [6.07, 6.45) is 3.27. The molecule has 0 spiro atoms. The van der Waals surface area contributed by atoms with Gasteiger partial charge < -0.3 is 0 Å². The van der Waals surface area contributed by atoms with Crippen molar-refractivity contribution in [2.75, 3.05) is 0 Å².